The fraction of sp³-hybridized carbons (Fsp3) is 0.286. The van der Waals surface area contributed by atoms with Crippen LogP contribution >= 0.6 is 0 Å². The van der Waals surface area contributed by atoms with E-state index in [4.69, 9.17) is 0 Å². The maximum absolute atomic E-state index is 13.0. The van der Waals surface area contributed by atoms with Gasteiger partial charge in [0.15, 0.2) is 5.69 Å². The van der Waals surface area contributed by atoms with E-state index in [1.54, 1.807) is 18.3 Å². The Bertz CT molecular complexity index is 917. The van der Waals surface area contributed by atoms with Crippen LogP contribution in [-0.4, -0.2) is 44.9 Å². The minimum absolute atomic E-state index is 0.135. The third-order valence-corrected chi connectivity index (χ3v) is 4.99. The van der Waals surface area contributed by atoms with E-state index < -0.39 is 0 Å². The van der Waals surface area contributed by atoms with E-state index in [-0.39, 0.29) is 23.5 Å². The molecule has 1 aliphatic heterocycles. The van der Waals surface area contributed by atoms with Gasteiger partial charge in [-0.1, -0.05) is 35.5 Å². The number of rotatable bonds is 5. The molecule has 4 rings (SSSR count). The van der Waals surface area contributed by atoms with Gasteiger partial charge in [-0.25, -0.2) is 9.07 Å². The van der Waals surface area contributed by atoms with Gasteiger partial charge in [0.1, 0.15) is 5.82 Å². The first-order chi connectivity index (χ1) is 13.7. The van der Waals surface area contributed by atoms with Crippen LogP contribution in [0.1, 0.15) is 28.9 Å². The number of nitrogens with zero attached hydrogens (tertiary/aromatic N) is 4. The maximum Gasteiger partial charge on any atom is 0.273 e. The van der Waals surface area contributed by atoms with Crippen LogP contribution in [0.4, 0.5) is 4.39 Å². The molecule has 1 saturated heterocycles. The van der Waals surface area contributed by atoms with Gasteiger partial charge in [0, 0.05) is 25.7 Å². The predicted octanol–water partition coefficient (Wildman–Crippen LogP) is 2.80. The van der Waals surface area contributed by atoms with Crippen molar-refractivity contribution in [1.82, 2.24) is 25.2 Å². The van der Waals surface area contributed by atoms with Crippen LogP contribution < -0.4 is 5.32 Å². The lowest BCUT2D eigenvalue weighted by molar-refractivity contribution is 0.0904. The van der Waals surface area contributed by atoms with E-state index in [1.807, 2.05) is 6.07 Å². The van der Waals surface area contributed by atoms with Gasteiger partial charge in [0.2, 0.25) is 0 Å². The van der Waals surface area contributed by atoms with Crippen LogP contribution in [0, 0.1) is 5.82 Å². The largest absolute Gasteiger partial charge is 0.348 e. The molecular weight excluding hydrogens is 357 g/mol. The van der Waals surface area contributed by atoms with Crippen molar-refractivity contribution in [3.05, 3.63) is 77.9 Å². The van der Waals surface area contributed by atoms with Crippen molar-refractivity contribution in [2.75, 3.05) is 13.1 Å². The molecule has 144 valence electrons. The second kappa shape index (κ2) is 8.31. The molecule has 0 bridgehead atoms. The van der Waals surface area contributed by atoms with Crippen molar-refractivity contribution < 1.29 is 9.18 Å². The molecular formula is C21H22FN5O. The summed E-state index contributed by atoms with van der Waals surface area (Å²) in [4.78, 5) is 14.9. The summed E-state index contributed by atoms with van der Waals surface area (Å²) in [6.07, 6.45) is 3.38. The summed E-state index contributed by atoms with van der Waals surface area (Å²) in [5.41, 5.74) is 2.22. The number of nitrogens with one attached hydrogen (secondary N) is 1. The molecule has 0 atom stereocenters. The third kappa shape index (κ3) is 4.43. The second-order valence-corrected chi connectivity index (χ2v) is 7.03. The van der Waals surface area contributed by atoms with Crippen LogP contribution in [-0.2, 0) is 6.54 Å². The van der Waals surface area contributed by atoms with Gasteiger partial charge in [-0.3, -0.25) is 9.69 Å². The van der Waals surface area contributed by atoms with Crippen molar-refractivity contribution in [3.8, 4) is 5.69 Å². The minimum atomic E-state index is -0.319. The lowest BCUT2D eigenvalue weighted by atomic mass is 10.0. The van der Waals surface area contributed by atoms with Gasteiger partial charge < -0.3 is 5.32 Å². The summed E-state index contributed by atoms with van der Waals surface area (Å²) in [6.45, 7) is 2.83. The van der Waals surface area contributed by atoms with Crippen LogP contribution in [0.3, 0.4) is 0 Å². The molecule has 0 aliphatic carbocycles. The summed E-state index contributed by atoms with van der Waals surface area (Å²) in [7, 11) is 0. The number of aromatic nitrogens is 3. The molecule has 0 saturated carbocycles. The normalized spacial score (nSPS) is 15.5. The van der Waals surface area contributed by atoms with E-state index in [0.29, 0.717) is 5.69 Å². The fourth-order valence-corrected chi connectivity index (χ4v) is 3.42. The molecule has 1 aliphatic rings. The molecule has 0 unspecified atom stereocenters. The quantitative estimate of drug-likeness (QED) is 0.741. The van der Waals surface area contributed by atoms with Crippen LogP contribution in [0.25, 0.3) is 5.69 Å². The molecule has 1 N–H and O–H groups in total. The zero-order valence-electron chi connectivity index (χ0n) is 15.5. The molecule has 0 spiro atoms. The molecule has 1 aromatic heterocycles. The Morgan fingerprint density at radius 2 is 1.79 bits per heavy atom. The first-order valence-electron chi connectivity index (χ1n) is 9.43. The summed E-state index contributed by atoms with van der Waals surface area (Å²) in [5, 5.41) is 11.0. The summed E-state index contributed by atoms with van der Waals surface area (Å²) >= 11 is 0. The average Bonchev–Trinajstić information content (AvgIpc) is 3.21. The number of halogens is 1. The van der Waals surface area contributed by atoms with Crippen molar-refractivity contribution in [1.29, 1.82) is 0 Å². The van der Waals surface area contributed by atoms with Gasteiger partial charge >= 0.3 is 0 Å². The van der Waals surface area contributed by atoms with Gasteiger partial charge in [-0.2, -0.15) is 0 Å². The van der Waals surface area contributed by atoms with Gasteiger partial charge in [-0.15, -0.1) is 5.10 Å². The number of benzene rings is 2. The predicted molar refractivity (Wildman–Crippen MR) is 104 cm³/mol. The number of amides is 1. The third-order valence-electron chi connectivity index (χ3n) is 4.99. The summed E-state index contributed by atoms with van der Waals surface area (Å²) in [6, 6.07) is 16.4. The SMILES string of the molecule is O=C(NC1CCN(Cc2ccccc2)CC1)c1cn(-c2ccc(F)cc2)nn1. The molecule has 6 nitrogen and oxygen atoms in total. The molecule has 2 aromatic carbocycles. The Hall–Kier alpha value is -3.06. The zero-order valence-corrected chi connectivity index (χ0v) is 15.5. The van der Waals surface area contributed by atoms with E-state index in [0.717, 1.165) is 32.5 Å². The highest BCUT2D eigenvalue weighted by Crippen LogP contribution is 2.14. The number of piperidine rings is 1. The van der Waals surface area contributed by atoms with Crippen molar-refractivity contribution in [2.24, 2.45) is 0 Å². The first kappa shape index (κ1) is 18.3. The Kier molecular flexibility index (Phi) is 5.43. The Balaban J connectivity index is 1.29. The Morgan fingerprint density at radius 1 is 1.07 bits per heavy atom. The zero-order chi connectivity index (χ0) is 19.3. The fourth-order valence-electron chi connectivity index (χ4n) is 3.42. The number of carbonyl (C=O) groups is 1. The lowest BCUT2D eigenvalue weighted by Crippen LogP contribution is -2.44. The maximum atomic E-state index is 13.0. The van der Waals surface area contributed by atoms with Crippen molar-refractivity contribution >= 4 is 5.91 Å². The average molecular weight is 379 g/mol. The second-order valence-electron chi connectivity index (χ2n) is 7.03. The van der Waals surface area contributed by atoms with E-state index in [2.05, 4.69) is 44.8 Å². The topological polar surface area (TPSA) is 63.1 Å². The first-order valence-corrected chi connectivity index (χ1v) is 9.43. The smallest absolute Gasteiger partial charge is 0.273 e. The van der Waals surface area contributed by atoms with Crippen LogP contribution in [0.5, 0.6) is 0 Å². The lowest BCUT2D eigenvalue weighted by Gasteiger charge is -2.32. The molecule has 28 heavy (non-hydrogen) atoms. The van der Waals surface area contributed by atoms with Crippen LogP contribution in [0.15, 0.2) is 60.8 Å². The highest BCUT2D eigenvalue weighted by molar-refractivity contribution is 5.92. The van der Waals surface area contributed by atoms with Gasteiger partial charge in [-0.05, 0) is 42.7 Å². The molecule has 1 amide bonds. The number of hydrogen-bond acceptors (Lipinski definition) is 4. The van der Waals surface area contributed by atoms with Crippen molar-refractivity contribution in [3.63, 3.8) is 0 Å². The van der Waals surface area contributed by atoms with Gasteiger partial charge in [0.05, 0.1) is 11.9 Å². The molecule has 1 fully saturated rings. The van der Waals surface area contributed by atoms with Gasteiger partial charge in [0.25, 0.3) is 5.91 Å². The van der Waals surface area contributed by atoms with E-state index in [1.165, 1.54) is 22.4 Å². The minimum Gasteiger partial charge on any atom is -0.348 e. The standard InChI is InChI=1S/C21H22FN5O/c22-17-6-8-19(9-7-17)27-15-20(24-25-27)21(28)23-18-10-12-26(13-11-18)14-16-4-2-1-3-5-16/h1-9,15,18H,10-14H2,(H,23,28). The number of carbonyl (C=O) groups excluding carboxylic acids is 1. The Morgan fingerprint density at radius 3 is 2.50 bits per heavy atom. The number of likely N-dealkylation sites (tertiary alicyclic amines) is 1. The molecule has 0 radical (unpaired) electrons. The summed E-state index contributed by atoms with van der Waals surface area (Å²) in [5.74, 6) is -0.546. The summed E-state index contributed by atoms with van der Waals surface area (Å²) < 4.78 is 14.5. The molecule has 3 aromatic rings. The monoisotopic (exact) mass is 379 g/mol. The highest BCUT2D eigenvalue weighted by atomic mass is 19.1. The number of hydrogen-bond donors (Lipinski definition) is 1. The van der Waals surface area contributed by atoms with E-state index in [9.17, 15) is 9.18 Å². The Labute approximate surface area is 163 Å². The van der Waals surface area contributed by atoms with Crippen LogP contribution in [0.2, 0.25) is 0 Å². The molecule has 7 heteroatoms. The van der Waals surface area contributed by atoms with E-state index >= 15 is 0 Å². The molecule has 2 heterocycles. The van der Waals surface area contributed by atoms with Crippen molar-refractivity contribution in [2.45, 2.75) is 25.4 Å². The highest BCUT2D eigenvalue weighted by Gasteiger charge is 2.22.